The van der Waals surface area contributed by atoms with Crippen molar-refractivity contribution < 1.29 is 9.59 Å². The number of hydrogen-bond acceptors (Lipinski definition) is 6. The van der Waals surface area contributed by atoms with Crippen LogP contribution in [-0.2, 0) is 29.6 Å². The molecule has 0 unspecified atom stereocenters. The molecule has 258 valence electrons. The number of halogens is 2. The summed E-state index contributed by atoms with van der Waals surface area (Å²) in [5, 5.41) is 7.15. The van der Waals surface area contributed by atoms with Gasteiger partial charge in [-0.3, -0.25) is 4.98 Å². The number of hydrogen-bond donors (Lipinski definition) is 2. The van der Waals surface area contributed by atoms with E-state index in [1.807, 2.05) is 49.7 Å². The van der Waals surface area contributed by atoms with E-state index in [9.17, 15) is 4.79 Å². The van der Waals surface area contributed by atoms with Gasteiger partial charge in [0.05, 0.1) is 6.33 Å². The molecule has 3 aliphatic rings. The third-order valence-electron chi connectivity index (χ3n) is 9.13. The van der Waals surface area contributed by atoms with Crippen LogP contribution in [0.1, 0.15) is 74.8 Å². The number of nitrogens with zero attached hydrogens (tertiary/aromatic N) is 5. The molecule has 2 N–H and O–H groups in total. The van der Waals surface area contributed by atoms with Gasteiger partial charge in [0.15, 0.2) is 0 Å². The van der Waals surface area contributed by atoms with Crippen LogP contribution in [0.5, 0.6) is 0 Å². The number of benzene rings is 1. The second kappa shape index (κ2) is 19.9. The lowest BCUT2D eigenvalue weighted by molar-refractivity contribution is -0.0980. The monoisotopic (exact) mass is 729 g/mol. The molecule has 0 radical (unpaired) electrons. The van der Waals surface area contributed by atoms with Gasteiger partial charge in [-0.2, -0.15) is 0 Å². The summed E-state index contributed by atoms with van der Waals surface area (Å²) in [5.41, 5.74) is 5.40. The largest absolute Gasteiger partial charge is 0.335 e. The van der Waals surface area contributed by atoms with Crippen LogP contribution in [0.4, 0.5) is 4.79 Å². The van der Waals surface area contributed by atoms with E-state index in [2.05, 4.69) is 85.1 Å². The first-order valence-corrected chi connectivity index (χ1v) is 17.9. The molecule has 0 atom stereocenters. The number of piperazine rings is 1. The Hall–Kier alpha value is -2.79. The van der Waals surface area contributed by atoms with Gasteiger partial charge in [-0.25, -0.2) is 9.78 Å². The molecule has 0 spiro atoms. The van der Waals surface area contributed by atoms with Gasteiger partial charge in [0.1, 0.15) is 6.79 Å². The molecule has 1 saturated carbocycles. The first-order valence-electron chi connectivity index (χ1n) is 16.7. The van der Waals surface area contributed by atoms with E-state index in [4.69, 9.17) is 16.4 Å². The number of likely N-dealkylation sites (N-methyl/N-ethyl adjacent to an activating group) is 1. The Morgan fingerprint density at radius 3 is 2.40 bits per heavy atom. The molecular formula is C36H53BrClN7O2. The van der Waals surface area contributed by atoms with Crippen LogP contribution in [0, 0.1) is 0 Å². The van der Waals surface area contributed by atoms with Crippen molar-refractivity contribution in [3.05, 3.63) is 81.1 Å². The minimum absolute atomic E-state index is 0.153. The van der Waals surface area contributed by atoms with Crippen molar-refractivity contribution >= 4 is 40.4 Å². The highest BCUT2D eigenvalue weighted by Gasteiger charge is 2.22. The van der Waals surface area contributed by atoms with Crippen LogP contribution in [-0.4, -0.2) is 90.0 Å². The van der Waals surface area contributed by atoms with E-state index in [1.54, 1.807) is 0 Å². The van der Waals surface area contributed by atoms with E-state index in [-0.39, 0.29) is 11.6 Å². The second-order valence-electron chi connectivity index (χ2n) is 13.1. The molecule has 1 saturated heterocycles. The molecule has 1 aliphatic heterocycles. The van der Waals surface area contributed by atoms with Crippen molar-refractivity contribution in [2.45, 2.75) is 83.2 Å². The number of pyridine rings is 1. The zero-order valence-corrected chi connectivity index (χ0v) is 31.0. The summed E-state index contributed by atoms with van der Waals surface area (Å²) in [5.74, 6) is 0. The fraction of sp³-hybridized carbons (Fsp3) is 0.556. The highest BCUT2D eigenvalue weighted by atomic mass is 79.9. The van der Waals surface area contributed by atoms with Gasteiger partial charge in [0, 0.05) is 78.0 Å². The maximum atomic E-state index is 12.0. The Balaban J connectivity index is 0.000000189. The van der Waals surface area contributed by atoms with Gasteiger partial charge >= 0.3 is 6.03 Å². The molecule has 2 fully saturated rings. The number of carbonyl (C=O) groups excluding carboxylic acids is 2. The predicted octanol–water partition coefficient (Wildman–Crippen LogP) is 6.51. The van der Waals surface area contributed by atoms with E-state index >= 15 is 0 Å². The number of imidazole rings is 1. The number of amides is 2. The number of rotatable bonds is 5. The summed E-state index contributed by atoms with van der Waals surface area (Å²) >= 11 is 9.52. The van der Waals surface area contributed by atoms with E-state index in [0.717, 1.165) is 67.9 Å². The number of aryl methyl sites for hydroxylation is 2. The van der Waals surface area contributed by atoms with Crippen LogP contribution in [0.15, 0.2) is 53.7 Å². The average molecular weight is 731 g/mol. The number of carbonyl (C=O) groups is 2. The molecule has 47 heavy (non-hydrogen) atoms. The molecule has 2 aliphatic carbocycles. The Labute approximate surface area is 295 Å². The summed E-state index contributed by atoms with van der Waals surface area (Å²) in [6.07, 6.45) is 17.9. The molecule has 3 aromatic rings. The summed E-state index contributed by atoms with van der Waals surface area (Å²) in [4.78, 5) is 32.7. The molecule has 11 heteroatoms. The van der Waals surface area contributed by atoms with Crippen molar-refractivity contribution in [1.29, 1.82) is 0 Å². The first kappa shape index (κ1) is 38.7. The lowest BCUT2D eigenvalue weighted by atomic mass is 9.96. The van der Waals surface area contributed by atoms with E-state index in [1.165, 1.54) is 54.5 Å². The number of aromatic nitrogens is 3. The molecular weight excluding hydrogens is 678 g/mol. The molecule has 6 rings (SSSR count). The number of fused-ring (bicyclic) bond motifs is 2. The SMILES string of the molecule is C=O.CN1CCN(C(=O)NC2CCCCC2)CC1.CNCCC(C)(C)n1ccnc1.Clc1ccc2c(c1)CCc1cc(Br)cnc1C2. The normalized spacial score (nSPS) is 16.4. The topological polar surface area (TPSA) is 95.4 Å². The predicted molar refractivity (Wildman–Crippen MR) is 195 cm³/mol. The zero-order valence-electron chi connectivity index (χ0n) is 28.6. The van der Waals surface area contributed by atoms with Crippen molar-refractivity contribution in [2.75, 3.05) is 46.8 Å². The standard InChI is InChI=1S/C14H11BrClN.C12H23N3O.C9H17N3.CH2O/c15-12-5-11-2-1-9-6-13(16)4-3-10(9)7-14(11)17-8-12;1-14-7-9-15(10-8-14)12(16)13-11-5-3-2-4-6-11;1-9(2,4-5-10-3)12-7-6-11-8-12;1-2/h3-6,8H,1-2,7H2;11H,2-10H2,1H3,(H,13,16);6-8,10H,4-5H2,1-3H3;1H2. The molecule has 2 amide bonds. The fourth-order valence-corrected chi connectivity index (χ4v) is 6.61. The zero-order chi connectivity index (χ0) is 34.2. The van der Waals surface area contributed by atoms with Gasteiger partial charge in [-0.15, -0.1) is 0 Å². The summed E-state index contributed by atoms with van der Waals surface area (Å²) in [6, 6.07) is 8.93. The van der Waals surface area contributed by atoms with Gasteiger partial charge in [0.25, 0.3) is 0 Å². The molecule has 1 aromatic carbocycles. The summed E-state index contributed by atoms with van der Waals surface area (Å²) in [7, 11) is 4.08. The first-order chi connectivity index (χ1) is 22.6. The van der Waals surface area contributed by atoms with Crippen LogP contribution < -0.4 is 10.6 Å². The van der Waals surface area contributed by atoms with Crippen molar-refractivity contribution in [3.8, 4) is 0 Å². The highest BCUT2D eigenvalue weighted by Crippen LogP contribution is 2.27. The Kier molecular flexibility index (Phi) is 16.4. The maximum Gasteiger partial charge on any atom is 0.317 e. The quantitative estimate of drug-likeness (QED) is 0.311. The van der Waals surface area contributed by atoms with Crippen LogP contribution >= 0.6 is 27.5 Å². The van der Waals surface area contributed by atoms with Crippen LogP contribution in [0.2, 0.25) is 5.02 Å². The van der Waals surface area contributed by atoms with Gasteiger partial charge in [-0.05, 0) is 117 Å². The molecule has 9 nitrogen and oxygen atoms in total. The lowest BCUT2D eigenvalue weighted by Gasteiger charge is -2.34. The fourth-order valence-electron chi connectivity index (χ4n) is 6.03. The Morgan fingerprint density at radius 2 is 1.74 bits per heavy atom. The Morgan fingerprint density at radius 1 is 1.04 bits per heavy atom. The smallest absolute Gasteiger partial charge is 0.317 e. The second-order valence-corrected chi connectivity index (χ2v) is 14.4. The van der Waals surface area contributed by atoms with Crippen LogP contribution in [0.25, 0.3) is 0 Å². The third kappa shape index (κ3) is 12.6. The van der Waals surface area contributed by atoms with Crippen molar-refractivity contribution in [3.63, 3.8) is 0 Å². The van der Waals surface area contributed by atoms with E-state index in [0.29, 0.717) is 6.04 Å². The highest BCUT2D eigenvalue weighted by molar-refractivity contribution is 9.10. The van der Waals surface area contributed by atoms with Crippen LogP contribution in [0.3, 0.4) is 0 Å². The van der Waals surface area contributed by atoms with Crippen molar-refractivity contribution in [1.82, 2.24) is 35.0 Å². The third-order valence-corrected chi connectivity index (χ3v) is 9.80. The van der Waals surface area contributed by atoms with E-state index < -0.39 is 0 Å². The van der Waals surface area contributed by atoms with Gasteiger partial charge < -0.3 is 29.8 Å². The average Bonchev–Trinajstić information content (AvgIpc) is 3.58. The number of urea groups is 1. The van der Waals surface area contributed by atoms with Gasteiger partial charge in [-0.1, -0.05) is 36.9 Å². The number of nitrogens with one attached hydrogen (secondary N) is 2. The van der Waals surface area contributed by atoms with Gasteiger partial charge in [0.2, 0.25) is 0 Å². The molecule has 2 aromatic heterocycles. The lowest BCUT2D eigenvalue weighted by Crippen LogP contribution is -2.52. The Bertz CT molecular complexity index is 1310. The summed E-state index contributed by atoms with van der Waals surface area (Å²) in [6.45, 7) is 11.2. The summed E-state index contributed by atoms with van der Waals surface area (Å²) < 4.78 is 3.20. The van der Waals surface area contributed by atoms with Crippen molar-refractivity contribution in [2.24, 2.45) is 0 Å². The molecule has 0 bridgehead atoms. The minimum Gasteiger partial charge on any atom is -0.335 e. The minimum atomic E-state index is 0.153. The maximum absolute atomic E-state index is 12.0. The molecule has 3 heterocycles.